The van der Waals surface area contributed by atoms with Crippen molar-refractivity contribution < 1.29 is 9.90 Å². The fourth-order valence-electron chi connectivity index (χ4n) is 4.72. The van der Waals surface area contributed by atoms with E-state index in [1.807, 2.05) is 12.1 Å². The maximum absolute atomic E-state index is 11.2. The summed E-state index contributed by atoms with van der Waals surface area (Å²) in [5.74, 6) is -1.21. The molecular formula is C28H15NO2S. The molecule has 0 unspecified atom stereocenters. The van der Waals surface area contributed by atoms with Crippen LogP contribution in [0.5, 0.6) is 0 Å². The summed E-state index contributed by atoms with van der Waals surface area (Å²) >= 11 is 1.49. The first kappa shape index (κ1) is 18.6. The third kappa shape index (κ3) is 2.62. The molecule has 0 spiro atoms. The van der Waals surface area contributed by atoms with Crippen LogP contribution in [0, 0.1) is 11.3 Å². The van der Waals surface area contributed by atoms with Crippen LogP contribution in [0.1, 0.15) is 4.88 Å². The molecule has 1 N–H and O–H groups in total. The summed E-state index contributed by atoms with van der Waals surface area (Å²) in [6.45, 7) is 0. The highest BCUT2D eigenvalue weighted by Gasteiger charge is 2.16. The first-order valence-electron chi connectivity index (χ1n) is 10.2. The van der Waals surface area contributed by atoms with E-state index in [2.05, 4.69) is 66.7 Å². The van der Waals surface area contributed by atoms with Gasteiger partial charge in [0.05, 0.1) is 0 Å². The van der Waals surface area contributed by atoms with Crippen molar-refractivity contribution in [1.82, 2.24) is 0 Å². The standard InChI is InChI=1S/C28H15NO2S/c29-15-17(28(30)31)14-18-10-13-25(32-18)19-11-12-24-22-7-2-5-16-4-1-6-21(26(16)22)23-9-3-8-20(19)27(23)24/h1-14H,(H,30,31)/b17-14+. The maximum atomic E-state index is 11.2. The van der Waals surface area contributed by atoms with Crippen molar-refractivity contribution in [2.24, 2.45) is 0 Å². The first-order chi connectivity index (χ1) is 15.7. The Morgan fingerprint density at radius 1 is 0.781 bits per heavy atom. The number of hydrogen-bond donors (Lipinski definition) is 1. The van der Waals surface area contributed by atoms with E-state index in [9.17, 15) is 4.79 Å². The molecule has 0 radical (unpaired) electrons. The Morgan fingerprint density at radius 3 is 2.09 bits per heavy atom. The first-order valence-corrected chi connectivity index (χ1v) is 11.0. The molecule has 4 heteroatoms. The lowest BCUT2D eigenvalue weighted by atomic mass is 9.88. The van der Waals surface area contributed by atoms with Crippen LogP contribution in [-0.2, 0) is 4.79 Å². The van der Waals surface area contributed by atoms with Gasteiger partial charge in [0, 0.05) is 9.75 Å². The molecule has 6 aromatic rings. The van der Waals surface area contributed by atoms with E-state index in [0.717, 1.165) is 15.3 Å². The zero-order valence-electron chi connectivity index (χ0n) is 16.8. The van der Waals surface area contributed by atoms with Gasteiger partial charge in [0.25, 0.3) is 0 Å². The molecule has 3 nitrogen and oxygen atoms in total. The van der Waals surface area contributed by atoms with Gasteiger partial charge in [-0.1, -0.05) is 66.7 Å². The molecule has 5 aromatic carbocycles. The molecule has 32 heavy (non-hydrogen) atoms. The molecule has 1 aromatic heterocycles. The second kappa shape index (κ2) is 6.91. The van der Waals surface area contributed by atoms with Gasteiger partial charge >= 0.3 is 5.97 Å². The Balaban J connectivity index is 1.65. The van der Waals surface area contributed by atoms with Crippen molar-refractivity contribution in [1.29, 1.82) is 5.26 Å². The van der Waals surface area contributed by atoms with Gasteiger partial charge in [0.1, 0.15) is 11.6 Å². The van der Waals surface area contributed by atoms with Crippen molar-refractivity contribution in [3.05, 3.63) is 89.3 Å². The molecule has 0 atom stereocenters. The predicted octanol–water partition coefficient (Wildman–Crippen LogP) is 7.46. The maximum Gasteiger partial charge on any atom is 0.346 e. The normalized spacial score (nSPS) is 12.2. The summed E-state index contributed by atoms with van der Waals surface area (Å²) in [5, 5.41) is 28.1. The van der Waals surface area contributed by atoms with Crippen molar-refractivity contribution in [3.8, 4) is 16.5 Å². The van der Waals surface area contributed by atoms with Gasteiger partial charge in [-0.3, -0.25) is 0 Å². The summed E-state index contributed by atoms with van der Waals surface area (Å²) in [6.07, 6.45) is 1.43. The van der Waals surface area contributed by atoms with Crippen LogP contribution in [0.3, 0.4) is 0 Å². The van der Waals surface area contributed by atoms with Gasteiger partial charge in [0.2, 0.25) is 0 Å². The van der Waals surface area contributed by atoms with Gasteiger partial charge in [-0.15, -0.1) is 11.3 Å². The number of nitrogens with zero attached hydrogens (tertiary/aromatic N) is 1. The number of rotatable bonds is 3. The molecule has 0 aliphatic rings. The quantitative estimate of drug-likeness (QED) is 0.137. The van der Waals surface area contributed by atoms with E-state index in [0.29, 0.717) is 0 Å². The summed E-state index contributed by atoms with van der Waals surface area (Å²) in [5.41, 5.74) is 0.843. The van der Waals surface area contributed by atoms with Gasteiger partial charge in [0.15, 0.2) is 0 Å². The zero-order chi connectivity index (χ0) is 21.8. The average Bonchev–Trinajstić information content (AvgIpc) is 3.28. The Kier molecular flexibility index (Phi) is 4.01. The molecule has 0 saturated carbocycles. The second-order valence-electron chi connectivity index (χ2n) is 7.78. The third-order valence-electron chi connectivity index (χ3n) is 6.06. The molecule has 1 heterocycles. The molecule has 0 bridgehead atoms. The number of carbonyl (C=O) groups is 1. The monoisotopic (exact) mass is 429 g/mol. The second-order valence-corrected chi connectivity index (χ2v) is 8.89. The SMILES string of the molecule is N#C/C(=C\c1ccc(-c2ccc3c4cccc5cccc(c6cccc2c63)c54)s1)C(=O)O. The van der Waals surface area contributed by atoms with Crippen molar-refractivity contribution in [3.63, 3.8) is 0 Å². The van der Waals surface area contributed by atoms with Crippen LogP contribution in [0.15, 0.2) is 84.4 Å². The minimum Gasteiger partial charge on any atom is -0.477 e. The number of nitriles is 1. The van der Waals surface area contributed by atoms with Crippen LogP contribution in [0.2, 0.25) is 0 Å². The van der Waals surface area contributed by atoms with Gasteiger partial charge in [-0.05, 0) is 66.9 Å². The Labute approximate surface area is 187 Å². The van der Waals surface area contributed by atoms with Crippen molar-refractivity contribution >= 4 is 66.5 Å². The molecule has 6 rings (SSSR count). The van der Waals surface area contributed by atoms with Gasteiger partial charge in [-0.2, -0.15) is 5.26 Å². The Bertz CT molecular complexity index is 1720. The number of benzene rings is 5. The van der Waals surface area contributed by atoms with Crippen molar-refractivity contribution in [2.75, 3.05) is 0 Å². The van der Waals surface area contributed by atoms with Crippen LogP contribution < -0.4 is 0 Å². The van der Waals surface area contributed by atoms with Crippen LogP contribution >= 0.6 is 11.3 Å². The summed E-state index contributed by atoms with van der Waals surface area (Å²) in [4.78, 5) is 13.0. The molecule has 0 amide bonds. The van der Waals surface area contributed by atoms with Crippen LogP contribution in [-0.4, -0.2) is 11.1 Å². The van der Waals surface area contributed by atoms with Crippen LogP contribution in [0.4, 0.5) is 0 Å². The molecular weight excluding hydrogens is 414 g/mol. The van der Waals surface area contributed by atoms with Crippen molar-refractivity contribution in [2.45, 2.75) is 0 Å². The van der Waals surface area contributed by atoms with E-state index >= 15 is 0 Å². The lowest BCUT2D eigenvalue weighted by Crippen LogP contribution is -1.96. The van der Waals surface area contributed by atoms with Gasteiger partial charge in [-0.25, -0.2) is 4.79 Å². The summed E-state index contributed by atoms with van der Waals surface area (Å²) in [7, 11) is 0. The fourth-order valence-corrected chi connectivity index (χ4v) is 5.71. The fraction of sp³-hybridized carbons (Fsp3) is 0. The molecule has 150 valence electrons. The Hall–Kier alpha value is -4.20. The zero-order valence-corrected chi connectivity index (χ0v) is 17.6. The lowest BCUT2D eigenvalue weighted by molar-refractivity contribution is -0.132. The lowest BCUT2D eigenvalue weighted by Gasteiger charge is -2.16. The molecule has 0 saturated heterocycles. The molecule has 0 fully saturated rings. The minimum atomic E-state index is -1.21. The minimum absolute atomic E-state index is 0.264. The third-order valence-corrected chi connectivity index (χ3v) is 7.12. The van der Waals surface area contributed by atoms with E-state index < -0.39 is 5.97 Å². The summed E-state index contributed by atoms with van der Waals surface area (Å²) in [6, 6.07) is 29.3. The highest BCUT2D eigenvalue weighted by Crippen LogP contribution is 2.43. The molecule has 0 aliphatic heterocycles. The largest absolute Gasteiger partial charge is 0.477 e. The predicted molar refractivity (Wildman–Crippen MR) is 132 cm³/mol. The van der Waals surface area contributed by atoms with E-state index in [1.54, 1.807) is 6.07 Å². The summed E-state index contributed by atoms with van der Waals surface area (Å²) < 4.78 is 0. The number of thiophene rings is 1. The van der Waals surface area contributed by atoms with Crippen LogP contribution in [0.25, 0.3) is 59.6 Å². The van der Waals surface area contributed by atoms with Gasteiger partial charge < -0.3 is 5.11 Å². The topological polar surface area (TPSA) is 61.1 Å². The number of aliphatic carboxylic acids is 1. The number of hydrogen-bond acceptors (Lipinski definition) is 3. The highest BCUT2D eigenvalue weighted by molar-refractivity contribution is 7.16. The smallest absolute Gasteiger partial charge is 0.346 e. The number of carboxylic acids is 1. The number of carboxylic acid groups (broad SMARTS) is 1. The van der Waals surface area contributed by atoms with E-state index in [4.69, 9.17) is 10.4 Å². The number of fused-ring (bicyclic) bond motifs is 2. The Morgan fingerprint density at radius 2 is 1.41 bits per heavy atom. The molecule has 0 aliphatic carbocycles. The highest BCUT2D eigenvalue weighted by atomic mass is 32.1. The average molecular weight is 430 g/mol. The van der Waals surface area contributed by atoms with E-state index in [-0.39, 0.29) is 5.57 Å². The van der Waals surface area contributed by atoms with E-state index in [1.165, 1.54) is 60.5 Å².